The Bertz CT molecular complexity index is 581. The highest BCUT2D eigenvalue weighted by Gasteiger charge is 2.06. The molecule has 3 N–H and O–H groups in total. The second-order valence-corrected chi connectivity index (χ2v) is 3.77. The fourth-order valence-electron chi connectivity index (χ4n) is 1.54. The molecular formula is C11H13N7. The van der Waals surface area contributed by atoms with Crippen molar-refractivity contribution in [3.63, 3.8) is 0 Å². The Hall–Kier alpha value is -2.62. The first-order valence-electron chi connectivity index (χ1n) is 5.43. The van der Waals surface area contributed by atoms with Crippen LogP contribution in [0, 0.1) is 11.3 Å². The molecule has 0 unspecified atom stereocenters. The fourth-order valence-corrected chi connectivity index (χ4v) is 1.54. The van der Waals surface area contributed by atoms with Crippen LogP contribution in [0.3, 0.4) is 0 Å². The molecule has 0 aliphatic carbocycles. The highest BCUT2D eigenvalue weighted by atomic mass is 15.2. The Morgan fingerprint density at radius 1 is 1.56 bits per heavy atom. The summed E-state index contributed by atoms with van der Waals surface area (Å²) >= 11 is 0. The third kappa shape index (κ3) is 2.38. The largest absolute Gasteiger partial charge is 0.395 e. The first-order chi connectivity index (χ1) is 8.72. The van der Waals surface area contributed by atoms with Crippen LogP contribution in [0.1, 0.15) is 11.4 Å². The van der Waals surface area contributed by atoms with E-state index >= 15 is 0 Å². The molecule has 0 spiro atoms. The molecule has 0 amide bonds. The van der Waals surface area contributed by atoms with Gasteiger partial charge in [0.05, 0.1) is 11.3 Å². The normalized spacial score (nSPS) is 10.0. The number of hydrogen-bond donors (Lipinski definition) is 2. The van der Waals surface area contributed by atoms with Gasteiger partial charge in [-0.1, -0.05) is 0 Å². The van der Waals surface area contributed by atoms with Gasteiger partial charge < -0.3 is 15.6 Å². The molecule has 18 heavy (non-hydrogen) atoms. The first kappa shape index (κ1) is 11.9. The van der Waals surface area contributed by atoms with E-state index in [0.717, 1.165) is 5.82 Å². The van der Waals surface area contributed by atoms with Crippen molar-refractivity contribution < 1.29 is 0 Å². The Balaban J connectivity index is 1.99. The summed E-state index contributed by atoms with van der Waals surface area (Å²) in [6.07, 6.45) is 3.91. The summed E-state index contributed by atoms with van der Waals surface area (Å²) < 4.78 is 1.85. The van der Waals surface area contributed by atoms with Gasteiger partial charge in [0.25, 0.3) is 0 Å². The molecule has 2 heterocycles. The molecule has 0 bridgehead atoms. The summed E-state index contributed by atoms with van der Waals surface area (Å²) in [7, 11) is 1.89. The Kier molecular flexibility index (Phi) is 3.38. The zero-order valence-electron chi connectivity index (χ0n) is 9.96. The summed E-state index contributed by atoms with van der Waals surface area (Å²) in [4.78, 5) is 4.10. The number of anilines is 2. The van der Waals surface area contributed by atoms with E-state index in [1.165, 1.54) is 0 Å². The molecule has 0 saturated heterocycles. The van der Waals surface area contributed by atoms with E-state index in [0.29, 0.717) is 30.0 Å². The molecule has 7 heteroatoms. The highest BCUT2D eigenvalue weighted by Crippen LogP contribution is 2.18. The number of nitrogen functional groups attached to an aromatic ring is 1. The quantitative estimate of drug-likeness (QED) is 0.801. The maximum atomic E-state index is 8.85. The van der Waals surface area contributed by atoms with Crippen molar-refractivity contribution in [2.24, 2.45) is 7.05 Å². The van der Waals surface area contributed by atoms with Crippen LogP contribution in [-0.2, 0) is 13.5 Å². The molecule has 0 saturated carbocycles. The van der Waals surface area contributed by atoms with E-state index in [4.69, 9.17) is 11.0 Å². The number of rotatable bonds is 4. The van der Waals surface area contributed by atoms with Crippen LogP contribution in [0.2, 0.25) is 0 Å². The van der Waals surface area contributed by atoms with Crippen LogP contribution in [0.25, 0.3) is 0 Å². The van der Waals surface area contributed by atoms with Gasteiger partial charge in [0.15, 0.2) is 5.82 Å². The zero-order valence-corrected chi connectivity index (χ0v) is 9.96. The van der Waals surface area contributed by atoms with Crippen LogP contribution < -0.4 is 11.1 Å². The van der Waals surface area contributed by atoms with Gasteiger partial charge >= 0.3 is 0 Å². The van der Waals surface area contributed by atoms with Crippen molar-refractivity contribution in [3.05, 3.63) is 30.0 Å². The molecule has 2 aromatic heterocycles. The summed E-state index contributed by atoms with van der Waals surface area (Å²) in [6, 6.07) is 3.60. The molecule has 2 rings (SSSR count). The van der Waals surface area contributed by atoms with Crippen molar-refractivity contribution in [2.75, 3.05) is 17.6 Å². The predicted molar refractivity (Wildman–Crippen MR) is 66.6 cm³/mol. The molecule has 0 aromatic carbocycles. The van der Waals surface area contributed by atoms with Gasteiger partial charge in [0.1, 0.15) is 18.2 Å². The maximum Gasteiger partial charge on any atom is 0.150 e. The van der Waals surface area contributed by atoms with Gasteiger partial charge in [-0.05, 0) is 6.07 Å². The third-order valence-corrected chi connectivity index (χ3v) is 2.56. The maximum absolute atomic E-state index is 8.85. The lowest BCUT2D eigenvalue weighted by atomic mass is 10.2. The fraction of sp³-hybridized carbons (Fsp3) is 0.273. The smallest absolute Gasteiger partial charge is 0.150 e. The van der Waals surface area contributed by atoms with Crippen LogP contribution in [-0.4, -0.2) is 26.3 Å². The van der Waals surface area contributed by atoms with E-state index in [-0.39, 0.29) is 0 Å². The minimum atomic E-state index is 0.373. The average Bonchev–Trinajstić information content (AvgIpc) is 2.77. The number of nitrogens with two attached hydrogens (primary N) is 1. The second kappa shape index (κ2) is 5.14. The minimum Gasteiger partial charge on any atom is -0.395 e. The van der Waals surface area contributed by atoms with E-state index in [1.807, 2.05) is 17.7 Å². The van der Waals surface area contributed by atoms with Crippen molar-refractivity contribution >= 4 is 11.5 Å². The number of nitrogens with one attached hydrogen (secondary N) is 1. The number of aromatic nitrogens is 4. The lowest BCUT2D eigenvalue weighted by Crippen LogP contribution is -2.11. The van der Waals surface area contributed by atoms with Crippen molar-refractivity contribution in [3.8, 4) is 6.07 Å². The summed E-state index contributed by atoms with van der Waals surface area (Å²) in [5.74, 6) is 1.40. The molecule has 0 radical (unpaired) electrons. The van der Waals surface area contributed by atoms with Gasteiger partial charge in [-0.2, -0.15) is 5.26 Å². The zero-order chi connectivity index (χ0) is 13.0. The van der Waals surface area contributed by atoms with E-state index in [1.54, 1.807) is 18.6 Å². The Morgan fingerprint density at radius 2 is 2.39 bits per heavy atom. The van der Waals surface area contributed by atoms with E-state index in [9.17, 15) is 0 Å². The number of hydrogen-bond acceptors (Lipinski definition) is 6. The van der Waals surface area contributed by atoms with Crippen molar-refractivity contribution in [1.82, 2.24) is 19.7 Å². The molecule has 2 aromatic rings. The first-order valence-corrected chi connectivity index (χ1v) is 5.43. The highest BCUT2D eigenvalue weighted by molar-refractivity contribution is 5.68. The summed E-state index contributed by atoms with van der Waals surface area (Å²) in [5.41, 5.74) is 6.60. The summed E-state index contributed by atoms with van der Waals surface area (Å²) in [5, 5.41) is 19.7. The third-order valence-electron chi connectivity index (χ3n) is 2.56. The van der Waals surface area contributed by atoms with Gasteiger partial charge in [-0.25, -0.2) is 4.98 Å². The van der Waals surface area contributed by atoms with Crippen LogP contribution in [0.4, 0.5) is 11.5 Å². The van der Waals surface area contributed by atoms with Gasteiger partial charge in [0, 0.05) is 26.2 Å². The molecule has 0 atom stereocenters. The number of aryl methyl sites for hydroxylation is 1. The molecule has 0 aliphatic heterocycles. The van der Waals surface area contributed by atoms with E-state index < -0.39 is 0 Å². The number of nitrogens with zero attached hydrogens (tertiary/aromatic N) is 5. The number of pyridine rings is 1. The lowest BCUT2D eigenvalue weighted by molar-refractivity contribution is 0.787. The summed E-state index contributed by atoms with van der Waals surface area (Å²) in [6.45, 7) is 0.624. The van der Waals surface area contributed by atoms with Gasteiger partial charge in [-0.3, -0.25) is 0 Å². The van der Waals surface area contributed by atoms with E-state index in [2.05, 4.69) is 20.5 Å². The van der Waals surface area contributed by atoms with Crippen LogP contribution in [0.15, 0.2) is 18.6 Å². The van der Waals surface area contributed by atoms with Gasteiger partial charge in [0.2, 0.25) is 0 Å². The predicted octanol–water partition coefficient (Wildman–Crippen LogP) is 0.319. The minimum absolute atomic E-state index is 0.373. The Labute approximate surface area is 104 Å². The number of nitriles is 1. The molecule has 0 fully saturated rings. The Morgan fingerprint density at radius 3 is 3.06 bits per heavy atom. The standard InChI is InChI=1S/C11H13N7/c1-18-7-16-17-9(18)3-5-15-11-10(13)8(6-12)2-4-14-11/h2,4,7H,3,5,13H2,1H3,(H,14,15). The monoisotopic (exact) mass is 243 g/mol. The van der Waals surface area contributed by atoms with Gasteiger partial charge in [-0.15, -0.1) is 10.2 Å². The molecule has 7 nitrogen and oxygen atoms in total. The lowest BCUT2D eigenvalue weighted by Gasteiger charge is -2.08. The molecular weight excluding hydrogens is 230 g/mol. The van der Waals surface area contributed by atoms with Crippen molar-refractivity contribution in [1.29, 1.82) is 5.26 Å². The molecule has 92 valence electrons. The average molecular weight is 243 g/mol. The SMILES string of the molecule is Cn1cnnc1CCNc1nccc(C#N)c1N. The molecule has 0 aliphatic rings. The topological polar surface area (TPSA) is 105 Å². The van der Waals surface area contributed by atoms with Crippen molar-refractivity contribution in [2.45, 2.75) is 6.42 Å². The van der Waals surface area contributed by atoms with Crippen LogP contribution >= 0.6 is 0 Å². The second-order valence-electron chi connectivity index (χ2n) is 3.77. The van der Waals surface area contributed by atoms with Crippen LogP contribution in [0.5, 0.6) is 0 Å².